The highest BCUT2D eigenvalue weighted by Gasteiger charge is 2.47. The number of nitrogens with one attached hydrogen (secondary N) is 1. The number of ketones is 1. The molecule has 0 fully saturated rings. The van der Waals surface area contributed by atoms with Crippen LogP contribution in [0, 0.1) is 11.3 Å². The van der Waals surface area contributed by atoms with E-state index < -0.39 is 23.8 Å². The Hall–Kier alpha value is -3.87. The number of rotatable bonds is 6. The molecule has 0 saturated heterocycles. The zero-order valence-electron chi connectivity index (χ0n) is 21.1. The van der Waals surface area contributed by atoms with Crippen LogP contribution < -0.4 is 14.8 Å². The molecule has 2 atom stereocenters. The van der Waals surface area contributed by atoms with Crippen LogP contribution in [0.5, 0.6) is 11.5 Å². The lowest BCUT2D eigenvalue weighted by molar-refractivity contribution is -0.149. The molecule has 188 valence electrons. The highest BCUT2D eigenvalue weighted by molar-refractivity contribution is 6.01. The number of hydrogen-bond acceptors (Lipinski definition) is 7. The lowest BCUT2D eigenvalue weighted by Crippen LogP contribution is -2.43. The largest absolute Gasteiger partial charge is 0.493 e. The van der Waals surface area contributed by atoms with Crippen LogP contribution in [0.4, 0.5) is 0 Å². The van der Waals surface area contributed by atoms with Crippen molar-refractivity contribution in [2.24, 2.45) is 11.3 Å². The fourth-order valence-corrected chi connectivity index (χ4v) is 5.02. The molecule has 2 aliphatic rings. The molecule has 0 saturated carbocycles. The van der Waals surface area contributed by atoms with E-state index in [0.717, 1.165) is 11.3 Å². The molecule has 7 heteroatoms. The fraction of sp³-hybridized carbons (Fsp3) is 0.345. The molecule has 2 aromatic carbocycles. The molecular formula is C29H31NO6. The smallest absolute Gasteiger partial charge is 0.316 e. The number of ether oxygens (including phenoxy) is 3. The monoisotopic (exact) mass is 489 g/mol. The topological polar surface area (TPSA) is 90.9 Å². The zero-order chi connectivity index (χ0) is 26.0. The average Bonchev–Trinajstić information content (AvgIpc) is 2.81. The number of carbonyl (C=O) groups is 3. The number of hydrogen-bond donors (Lipinski definition) is 1. The molecule has 0 bridgehead atoms. The summed E-state index contributed by atoms with van der Waals surface area (Å²) in [5, 5.41) is 3.26. The van der Waals surface area contributed by atoms with Gasteiger partial charge in [0.25, 0.3) is 0 Å². The minimum Gasteiger partial charge on any atom is -0.493 e. The molecule has 1 heterocycles. The summed E-state index contributed by atoms with van der Waals surface area (Å²) in [5.74, 6) is -1.84. The predicted molar refractivity (Wildman–Crippen MR) is 134 cm³/mol. The standard InChI is InChI=1S/C29H31NO6/c1-17-25(28(33)35-16-19-9-7-6-8-10-19)26(27-21(30-17)14-29(3,4)15-22(27)32)20-11-12-23(36-18(2)31)24(13-20)34-5/h6-13,25-26,30H,1,14-16H2,2-5H3. The van der Waals surface area contributed by atoms with Gasteiger partial charge in [0.15, 0.2) is 17.3 Å². The molecule has 1 aliphatic heterocycles. The van der Waals surface area contributed by atoms with E-state index in [1.165, 1.54) is 14.0 Å². The van der Waals surface area contributed by atoms with Gasteiger partial charge in [-0.15, -0.1) is 0 Å². The summed E-state index contributed by atoms with van der Waals surface area (Å²) in [7, 11) is 1.47. The number of Topliss-reactive ketones (excluding diaryl/α,β-unsaturated/α-hetero) is 1. The maximum Gasteiger partial charge on any atom is 0.316 e. The van der Waals surface area contributed by atoms with Crippen LogP contribution in [-0.2, 0) is 25.7 Å². The van der Waals surface area contributed by atoms with Crippen molar-refractivity contribution in [3.05, 3.63) is 83.2 Å². The fourth-order valence-electron chi connectivity index (χ4n) is 5.02. The van der Waals surface area contributed by atoms with Gasteiger partial charge in [-0.3, -0.25) is 14.4 Å². The summed E-state index contributed by atoms with van der Waals surface area (Å²) in [6, 6.07) is 14.5. The Morgan fingerprint density at radius 3 is 2.47 bits per heavy atom. The van der Waals surface area contributed by atoms with Crippen LogP contribution in [0.2, 0.25) is 0 Å². The Kier molecular flexibility index (Phi) is 7.02. The first-order chi connectivity index (χ1) is 17.1. The van der Waals surface area contributed by atoms with Crippen molar-refractivity contribution < 1.29 is 28.6 Å². The van der Waals surface area contributed by atoms with E-state index in [2.05, 4.69) is 11.9 Å². The summed E-state index contributed by atoms with van der Waals surface area (Å²) in [5.41, 5.74) is 3.13. The third-order valence-corrected chi connectivity index (χ3v) is 6.53. The summed E-state index contributed by atoms with van der Waals surface area (Å²) < 4.78 is 16.4. The first kappa shape index (κ1) is 25.2. The number of allylic oxidation sites excluding steroid dienone is 2. The molecule has 2 unspecified atom stereocenters. The van der Waals surface area contributed by atoms with E-state index in [-0.39, 0.29) is 23.6 Å². The Morgan fingerprint density at radius 2 is 1.81 bits per heavy atom. The van der Waals surface area contributed by atoms with Gasteiger partial charge < -0.3 is 19.5 Å². The maximum atomic E-state index is 13.5. The molecule has 4 rings (SSSR count). The van der Waals surface area contributed by atoms with Crippen molar-refractivity contribution in [1.82, 2.24) is 5.32 Å². The Balaban J connectivity index is 1.77. The maximum absolute atomic E-state index is 13.5. The van der Waals surface area contributed by atoms with Gasteiger partial charge in [-0.1, -0.05) is 56.8 Å². The van der Waals surface area contributed by atoms with Crippen molar-refractivity contribution in [3.63, 3.8) is 0 Å². The average molecular weight is 490 g/mol. The lowest BCUT2D eigenvalue weighted by atomic mass is 9.66. The highest BCUT2D eigenvalue weighted by atomic mass is 16.6. The molecule has 36 heavy (non-hydrogen) atoms. The van der Waals surface area contributed by atoms with E-state index >= 15 is 0 Å². The van der Waals surface area contributed by atoms with Crippen molar-refractivity contribution in [2.75, 3.05) is 7.11 Å². The Labute approximate surface area is 211 Å². The zero-order valence-corrected chi connectivity index (χ0v) is 21.1. The van der Waals surface area contributed by atoms with E-state index in [0.29, 0.717) is 35.4 Å². The number of methoxy groups -OCH3 is 1. The van der Waals surface area contributed by atoms with Gasteiger partial charge in [-0.25, -0.2) is 0 Å². The van der Waals surface area contributed by atoms with Gasteiger partial charge in [0.05, 0.1) is 7.11 Å². The van der Waals surface area contributed by atoms with E-state index in [4.69, 9.17) is 14.2 Å². The lowest BCUT2D eigenvalue weighted by Gasteiger charge is -2.42. The normalized spacial score (nSPS) is 20.8. The van der Waals surface area contributed by atoms with Gasteiger partial charge >= 0.3 is 11.9 Å². The minimum absolute atomic E-state index is 0.0184. The second-order valence-corrected chi connectivity index (χ2v) is 10.0. The molecule has 2 aromatic rings. The summed E-state index contributed by atoms with van der Waals surface area (Å²) in [4.78, 5) is 38.5. The second kappa shape index (κ2) is 10.0. The number of esters is 2. The SMILES string of the molecule is C=C1NC2=C(C(=O)CC(C)(C)C2)C(c2ccc(OC(C)=O)c(OC)c2)C1C(=O)OCc1ccccc1. The molecular weight excluding hydrogens is 458 g/mol. The van der Waals surface area contributed by atoms with Gasteiger partial charge in [-0.2, -0.15) is 0 Å². The van der Waals surface area contributed by atoms with E-state index in [1.807, 2.05) is 44.2 Å². The van der Waals surface area contributed by atoms with E-state index in [9.17, 15) is 14.4 Å². The van der Waals surface area contributed by atoms with E-state index in [1.54, 1.807) is 18.2 Å². The third kappa shape index (κ3) is 5.20. The Morgan fingerprint density at radius 1 is 1.08 bits per heavy atom. The first-order valence-electron chi connectivity index (χ1n) is 11.9. The minimum atomic E-state index is -0.832. The molecule has 0 amide bonds. The van der Waals surface area contributed by atoms with Gasteiger partial charge in [0.2, 0.25) is 0 Å². The highest BCUT2D eigenvalue weighted by Crippen LogP contribution is 2.49. The summed E-state index contributed by atoms with van der Waals surface area (Å²) in [6.07, 6.45) is 1.02. The number of benzene rings is 2. The van der Waals surface area contributed by atoms with Crippen LogP contribution in [-0.4, -0.2) is 24.8 Å². The van der Waals surface area contributed by atoms with Gasteiger partial charge in [0, 0.05) is 36.2 Å². The van der Waals surface area contributed by atoms with Crippen LogP contribution >= 0.6 is 0 Å². The Bertz CT molecular complexity index is 1240. The van der Waals surface area contributed by atoms with Crippen LogP contribution in [0.1, 0.15) is 50.7 Å². The number of carbonyl (C=O) groups excluding carboxylic acids is 3. The molecule has 1 N–H and O–H groups in total. The summed E-state index contributed by atoms with van der Waals surface area (Å²) in [6.45, 7) is 9.66. The third-order valence-electron chi connectivity index (χ3n) is 6.53. The van der Waals surface area contributed by atoms with Crippen LogP contribution in [0.15, 0.2) is 72.1 Å². The van der Waals surface area contributed by atoms with Crippen molar-refractivity contribution in [3.8, 4) is 11.5 Å². The molecule has 0 aromatic heterocycles. The molecule has 7 nitrogen and oxygen atoms in total. The van der Waals surface area contributed by atoms with Crippen molar-refractivity contribution >= 4 is 17.7 Å². The first-order valence-corrected chi connectivity index (χ1v) is 11.9. The van der Waals surface area contributed by atoms with Crippen molar-refractivity contribution in [2.45, 2.75) is 46.1 Å². The quantitative estimate of drug-likeness (QED) is 0.459. The summed E-state index contributed by atoms with van der Waals surface area (Å²) >= 11 is 0. The van der Waals surface area contributed by atoms with Gasteiger partial charge in [0.1, 0.15) is 12.5 Å². The second-order valence-electron chi connectivity index (χ2n) is 10.0. The predicted octanol–water partition coefficient (Wildman–Crippen LogP) is 4.82. The van der Waals surface area contributed by atoms with Crippen LogP contribution in [0.25, 0.3) is 0 Å². The molecule has 1 aliphatic carbocycles. The van der Waals surface area contributed by atoms with Gasteiger partial charge in [-0.05, 0) is 35.1 Å². The van der Waals surface area contributed by atoms with Crippen molar-refractivity contribution in [1.29, 1.82) is 0 Å². The molecule has 0 spiro atoms. The molecule has 0 radical (unpaired) electrons. The van der Waals surface area contributed by atoms with Crippen LogP contribution in [0.3, 0.4) is 0 Å².